The highest BCUT2D eigenvalue weighted by atomic mass is 79.9. The second kappa shape index (κ2) is 7.53. The fraction of sp³-hybridized carbons (Fsp3) is 0.417. The van der Waals surface area contributed by atoms with Gasteiger partial charge in [0.05, 0.1) is 5.02 Å². The summed E-state index contributed by atoms with van der Waals surface area (Å²) in [6.45, 7) is 1.78. The van der Waals surface area contributed by atoms with Gasteiger partial charge in [-0.05, 0) is 40.4 Å². The fourth-order valence-electron chi connectivity index (χ4n) is 1.70. The largest absolute Gasteiger partial charge is 0.481 e. The van der Waals surface area contributed by atoms with Crippen molar-refractivity contribution in [1.29, 1.82) is 0 Å². The van der Waals surface area contributed by atoms with Gasteiger partial charge < -0.3 is 5.11 Å². The summed E-state index contributed by atoms with van der Waals surface area (Å²) in [5.74, 6) is -1.76. The number of carboxylic acid groups (broad SMARTS) is 1. The Morgan fingerprint density at radius 2 is 2.14 bits per heavy atom. The molecule has 1 atom stereocenters. The van der Waals surface area contributed by atoms with E-state index in [9.17, 15) is 17.6 Å². The zero-order valence-electron chi connectivity index (χ0n) is 11.1. The zero-order chi connectivity index (χ0) is 16.2. The van der Waals surface area contributed by atoms with Crippen LogP contribution < -0.4 is 4.72 Å². The maximum absolute atomic E-state index is 13.1. The molecule has 2 N–H and O–H groups in total. The number of nitrogens with one attached hydrogen (secondary N) is 1. The van der Waals surface area contributed by atoms with Crippen LogP contribution in [0.25, 0.3) is 0 Å². The van der Waals surface area contributed by atoms with Gasteiger partial charge >= 0.3 is 5.97 Å². The maximum atomic E-state index is 13.1. The molecule has 0 saturated heterocycles. The van der Waals surface area contributed by atoms with E-state index in [0.717, 1.165) is 12.1 Å². The molecule has 0 aliphatic carbocycles. The van der Waals surface area contributed by atoms with Gasteiger partial charge in [0.1, 0.15) is 10.7 Å². The van der Waals surface area contributed by atoms with Crippen molar-refractivity contribution in [3.63, 3.8) is 0 Å². The van der Waals surface area contributed by atoms with Crippen molar-refractivity contribution >= 4 is 43.5 Å². The van der Waals surface area contributed by atoms with Crippen LogP contribution in [-0.2, 0) is 14.8 Å². The van der Waals surface area contributed by atoms with Gasteiger partial charge in [0, 0.05) is 17.4 Å². The van der Waals surface area contributed by atoms with Crippen LogP contribution in [0.3, 0.4) is 0 Å². The maximum Gasteiger partial charge on any atom is 0.303 e. The van der Waals surface area contributed by atoms with Crippen LogP contribution in [0.1, 0.15) is 19.8 Å². The van der Waals surface area contributed by atoms with E-state index in [2.05, 4.69) is 20.7 Å². The average Bonchev–Trinajstić information content (AvgIpc) is 2.24. The summed E-state index contributed by atoms with van der Waals surface area (Å²) in [6.07, 6.45) is 0.324. The molecule has 1 rings (SSSR count). The minimum Gasteiger partial charge on any atom is -0.481 e. The first-order valence-electron chi connectivity index (χ1n) is 5.99. The molecule has 118 valence electrons. The van der Waals surface area contributed by atoms with Crippen molar-refractivity contribution in [2.45, 2.75) is 24.7 Å². The lowest BCUT2D eigenvalue weighted by Gasteiger charge is -2.12. The van der Waals surface area contributed by atoms with E-state index < -0.39 is 21.8 Å². The van der Waals surface area contributed by atoms with Gasteiger partial charge in [0.25, 0.3) is 0 Å². The number of sulfonamides is 1. The van der Waals surface area contributed by atoms with Gasteiger partial charge in [-0.2, -0.15) is 0 Å². The summed E-state index contributed by atoms with van der Waals surface area (Å²) in [5, 5.41) is 8.39. The van der Waals surface area contributed by atoms with Gasteiger partial charge in [0.2, 0.25) is 10.0 Å². The number of carboxylic acids is 1. The summed E-state index contributed by atoms with van der Waals surface area (Å²) in [6, 6.07) is 1.92. The summed E-state index contributed by atoms with van der Waals surface area (Å²) in [5.41, 5.74) is 0. The third-order valence-electron chi connectivity index (χ3n) is 2.68. The molecule has 0 bridgehead atoms. The number of rotatable bonds is 7. The van der Waals surface area contributed by atoms with E-state index in [1.54, 1.807) is 6.92 Å². The number of aliphatic carboxylic acids is 1. The van der Waals surface area contributed by atoms with Crippen molar-refractivity contribution in [1.82, 2.24) is 4.72 Å². The molecule has 9 heteroatoms. The lowest BCUT2D eigenvalue weighted by molar-refractivity contribution is -0.138. The molecule has 0 saturated carbocycles. The number of hydrogen-bond donors (Lipinski definition) is 2. The molecule has 0 amide bonds. The van der Waals surface area contributed by atoms with Gasteiger partial charge in [-0.1, -0.05) is 18.5 Å². The molecule has 5 nitrogen and oxygen atoms in total. The van der Waals surface area contributed by atoms with Crippen molar-refractivity contribution in [2.24, 2.45) is 5.92 Å². The third-order valence-corrected chi connectivity index (χ3v) is 5.54. The molecule has 1 unspecified atom stereocenters. The Bertz CT molecular complexity index is 615. The van der Waals surface area contributed by atoms with Gasteiger partial charge in [-0.15, -0.1) is 0 Å². The van der Waals surface area contributed by atoms with Crippen molar-refractivity contribution in [3.8, 4) is 0 Å². The minimum atomic E-state index is -3.91. The minimum absolute atomic E-state index is 0.0265. The van der Waals surface area contributed by atoms with Crippen LogP contribution in [0.5, 0.6) is 0 Å². The summed E-state index contributed by atoms with van der Waals surface area (Å²) >= 11 is 8.73. The third kappa shape index (κ3) is 5.54. The first-order chi connectivity index (χ1) is 9.63. The van der Waals surface area contributed by atoms with Crippen LogP contribution in [-0.4, -0.2) is 26.0 Å². The molecular weight excluding hydrogens is 389 g/mol. The first kappa shape index (κ1) is 18.3. The average molecular weight is 403 g/mol. The van der Waals surface area contributed by atoms with E-state index in [1.165, 1.54) is 0 Å². The van der Waals surface area contributed by atoms with Crippen molar-refractivity contribution in [3.05, 3.63) is 27.4 Å². The second-order valence-corrected chi connectivity index (χ2v) is 7.55. The number of carbonyl (C=O) groups is 1. The van der Waals surface area contributed by atoms with Crippen LogP contribution in [0.4, 0.5) is 4.39 Å². The Morgan fingerprint density at radius 3 is 2.67 bits per heavy atom. The Balaban J connectivity index is 2.77. The van der Waals surface area contributed by atoms with Crippen LogP contribution in [0.15, 0.2) is 21.5 Å². The SMILES string of the molecule is CC(CCNS(=O)(=O)c1c(Cl)cc(F)cc1Br)CC(=O)O. The number of benzene rings is 1. The lowest BCUT2D eigenvalue weighted by atomic mass is 10.0. The predicted octanol–water partition coefficient (Wildman–Crippen LogP) is 3.02. The molecule has 21 heavy (non-hydrogen) atoms. The summed E-state index contributed by atoms with van der Waals surface area (Å²) in [7, 11) is -3.91. The van der Waals surface area contributed by atoms with E-state index in [-0.39, 0.29) is 33.3 Å². The second-order valence-electron chi connectivity index (χ2n) is 4.59. The number of hydrogen-bond acceptors (Lipinski definition) is 3. The molecule has 1 aromatic carbocycles. The van der Waals surface area contributed by atoms with E-state index >= 15 is 0 Å². The van der Waals surface area contributed by atoms with E-state index in [4.69, 9.17) is 16.7 Å². The standard InChI is InChI=1S/C12H14BrClFNO4S/c1-7(4-11(17)18)2-3-16-21(19,20)12-9(13)5-8(15)6-10(12)14/h5-7,16H,2-4H2,1H3,(H,17,18). The molecule has 0 heterocycles. The monoisotopic (exact) mass is 401 g/mol. The normalized spacial score (nSPS) is 13.1. The Kier molecular flexibility index (Phi) is 6.58. The number of halogens is 3. The van der Waals surface area contributed by atoms with Crippen molar-refractivity contribution in [2.75, 3.05) is 6.54 Å². The van der Waals surface area contributed by atoms with Gasteiger partial charge in [0.15, 0.2) is 0 Å². The quantitative estimate of drug-likeness (QED) is 0.734. The molecule has 0 spiro atoms. The Morgan fingerprint density at radius 1 is 1.52 bits per heavy atom. The molecule has 0 radical (unpaired) electrons. The summed E-state index contributed by atoms with van der Waals surface area (Å²) in [4.78, 5) is 10.3. The highest BCUT2D eigenvalue weighted by molar-refractivity contribution is 9.10. The highest BCUT2D eigenvalue weighted by Crippen LogP contribution is 2.30. The Hall–Kier alpha value is -0.700. The molecular formula is C12H14BrClFNO4S. The first-order valence-corrected chi connectivity index (χ1v) is 8.65. The lowest BCUT2D eigenvalue weighted by Crippen LogP contribution is -2.27. The van der Waals surface area contributed by atoms with Crippen molar-refractivity contribution < 1.29 is 22.7 Å². The Labute approximate surface area is 135 Å². The highest BCUT2D eigenvalue weighted by Gasteiger charge is 2.22. The smallest absolute Gasteiger partial charge is 0.303 e. The topological polar surface area (TPSA) is 83.5 Å². The zero-order valence-corrected chi connectivity index (χ0v) is 14.2. The van der Waals surface area contributed by atoms with E-state index in [1.807, 2.05) is 0 Å². The molecule has 1 aromatic rings. The molecule has 0 fully saturated rings. The van der Waals surface area contributed by atoms with Crippen LogP contribution in [0.2, 0.25) is 5.02 Å². The van der Waals surface area contributed by atoms with Gasteiger partial charge in [-0.25, -0.2) is 17.5 Å². The fourth-order valence-corrected chi connectivity index (χ4v) is 4.56. The molecule has 0 aromatic heterocycles. The van der Waals surface area contributed by atoms with Crippen LogP contribution >= 0.6 is 27.5 Å². The van der Waals surface area contributed by atoms with Crippen LogP contribution in [0, 0.1) is 11.7 Å². The summed E-state index contributed by atoms with van der Waals surface area (Å²) < 4.78 is 39.7. The predicted molar refractivity (Wildman–Crippen MR) is 80.3 cm³/mol. The molecule has 0 aliphatic rings. The van der Waals surface area contributed by atoms with E-state index in [0.29, 0.717) is 6.42 Å². The van der Waals surface area contributed by atoms with Gasteiger partial charge in [-0.3, -0.25) is 4.79 Å². The molecule has 0 aliphatic heterocycles.